The second-order valence-corrected chi connectivity index (χ2v) is 27.4. The molecule has 0 aliphatic carbocycles. The Morgan fingerprint density at radius 3 is 1.15 bits per heavy atom. The number of carboxylic acids is 1. The van der Waals surface area contributed by atoms with Gasteiger partial charge in [0.15, 0.2) is 51.8 Å². The molecular formula is C75H83O43+. The molecule has 11 rings (SSSR count). The lowest BCUT2D eigenvalue weighted by Gasteiger charge is -2.41. The van der Waals surface area contributed by atoms with E-state index in [1.54, 1.807) is 0 Å². The molecule has 0 bridgehead atoms. The van der Waals surface area contributed by atoms with Crippen molar-refractivity contribution in [2.75, 3.05) is 33.0 Å². The van der Waals surface area contributed by atoms with E-state index in [9.17, 15) is 136 Å². The summed E-state index contributed by atoms with van der Waals surface area (Å²) in [6.07, 6.45) is -42.0. The lowest BCUT2D eigenvalue weighted by Crippen LogP contribution is -2.60. The number of carbonyl (C=O) groups excluding carboxylic acids is 4. The molecule has 0 saturated carbocycles. The summed E-state index contributed by atoms with van der Waals surface area (Å²) in [6, 6.07) is 16.3. The molecule has 0 amide bonds. The van der Waals surface area contributed by atoms with Gasteiger partial charge in [0, 0.05) is 30.4 Å². The van der Waals surface area contributed by atoms with Crippen LogP contribution >= 0.6 is 0 Å². The monoisotopic (exact) mass is 1670 g/mol. The van der Waals surface area contributed by atoms with Gasteiger partial charge in [0.1, 0.15) is 172 Å². The summed E-state index contributed by atoms with van der Waals surface area (Å²) in [4.78, 5) is 62.0. The second-order valence-electron chi connectivity index (χ2n) is 27.4. The number of ether oxygens (including phenoxy) is 15. The maximum atomic E-state index is 13.2. The van der Waals surface area contributed by atoms with Gasteiger partial charge < -0.3 is 189 Å². The van der Waals surface area contributed by atoms with Crippen LogP contribution in [0.4, 0.5) is 0 Å². The van der Waals surface area contributed by atoms with Crippen LogP contribution in [0.15, 0.2) is 109 Å². The van der Waals surface area contributed by atoms with Crippen LogP contribution in [0, 0.1) is 0 Å². The van der Waals surface area contributed by atoms with E-state index in [2.05, 4.69) is 0 Å². The number of benzene rings is 5. The van der Waals surface area contributed by atoms with Gasteiger partial charge in [-0.3, -0.25) is 9.59 Å². The van der Waals surface area contributed by atoms with Crippen molar-refractivity contribution >= 4 is 54.2 Å². The second kappa shape index (κ2) is 38.3. The number of phenolic OH excluding ortho intramolecular Hbond substituents is 6. The third kappa shape index (κ3) is 20.8. The van der Waals surface area contributed by atoms with Crippen LogP contribution in [-0.4, -0.2) is 339 Å². The molecule has 6 aliphatic heterocycles. The van der Waals surface area contributed by atoms with Gasteiger partial charge in [0.05, 0.1) is 18.2 Å². The van der Waals surface area contributed by atoms with Gasteiger partial charge in [-0.15, -0.1) is 0 Å². The van der Waals surface area contributed by atoms with Crippen molar-refractivity contribution in [3.63, 3.8) is 0 Å². The summed E-state index contributed by atoms with van der Waals surface area (Å²) >= 11 is 0. The average molecular weight is 1670 g/mol. The van der Waals surface area contributed by atoms with Crippen LogP contribution in [0.25, 0.3) is 24.3 Å². The third-order valence-electron chi connectivity index (χ3n) is 19.1. The number of aliphatic hydroxyl groups excluding tert-OH is 16. The zero-order valence-corrected chi connectivity index (χ0v) is 60.9. The quantitative estimate of drug-likeness (QED) is 0.00555. The number of hydrogen-bond acceptors (Lipinski definition) is 41. The molecule has 6 heterocycles. The number of rotatable bonds is 28. The average Bonchev–Trinajstić information content (AvgIpc) is 0.763. The van der Waals surface area contributed by atoms with E-state index in [1.807, 2.05) is 0 Å². The zero-order chi connectivity index (χ0) is 85.4. The van der Waals surface area contributed by atoms with Gasteiger partial charge >= 0.3 is 29.8 Å². The lowest BCUT2D eigenvalue weighted by molar-refractivity contribution is -0.296. The van der Waals surface area contributed by atoms with Crippen molar-refractivity contribution in [2.45, 2.75) is 166 Å². The highest BCUT2D eigenvalue weighted by atomic mass is 16.7. The summed E-state index contributed by atoms with van der Waals surface area (Å²) in [7, 11) is 0. The molecule has 6 aliphatic rings. The van der Waals surface area contributed by atoms with Gasteiger partial charge in [0.2, 0.25) is 31.5 Å². The number of aliphatic hydroxyl groups is 17. The molecule has 5 aromatic carbocycles. The molecule has 0 aromatic heterocycles. The van der Waals surface area contributed by atoms with Gasteiger partial charge in [-0.05, 0) is 89.5 Å². The predicted molar refractivity (Wildman–Crippen MR) is 382 cm³/mol. The molecule has 118 heavy (non-hydrogen) atoms. The molecule has 0 radical (unpaired) electrons. The molecule has 26 atom stereocenters. The molecule has 43 nitrogen and oxygen atoms in total. The normalized spacial score (nSPS) is 32.2. The van der Waals surface area contributed by atoms with Gasteiger partial charge in [0.25, 0.3) is 11.9 Å². The van der Waals surface area contributed by atoms with Crippen molar-refractivity contribution in [1.29, 1.82) is 0 Å². The first kappa shape index (κ1) is 88.0. The third-order valence-corrected chi connectivity index (χ3v) is 19.1. The van der Waals surface area contributed by atoms with E-state index < -0.39 is 275 Å². The Morgan fingerprint density at radius 2 is 0.737 bits per heavy atom. The number of carboxylic acid groups (broad SMARTS) is 1. The fraction of sp³-hybridized carbons (Fsp3) is 0.427. The zero-order valence-electron chi connectivity index (χ0n) is 60.9. The minimum Gasteiger partial charge on any atom is -0.571 e. The lowest BCUT2D eigenvalue weighted by atomic mass is 9.98. The number of phenols is 6. The SMILES string of the molecule is O=C(O)CC(=O)OC[C@H]1O[C@@H](OC2=Cc3c(O)cc(O[C@@H]4O[C@H](COC(=O)/C=C/c5ccc(O)c(O)c5)[C@@H](O)[C@H](O)[C@@H]4O)cc3[OH+]C2c2ccc(O)c(O[C@@H]3O[C@H](COC(=O)/C=C/c4ccc(O[C@@H]5O[C@H](COC(=O)/C=C/c6ccc(O[C@@H]7O[C@H](CO)[C@@H](O)[C@H](O)[C@@H]7O)c(O)c6)[C@@H](O)[C@H](O)[C@H]5O)c(O)c4)[C@@H](O)[C@H](O)[C@H]3O)c2)[C@@H](O)[C@H](O)[C@@H]1O. The Balaban J connectivity index is 0.726. The van der Waals surface area contributed by atoms with Crippen LogP contribution in [0.5, 0.6) is 63.2 Å². The number of aromatic hydroxyl groups is 7. The van der Waals surface area contributed by atoms with E-state index in [0.717, 1.165) is 85.0 Å². The molecule has 43 heteroatoms. The topological polar surface area (TPSA) is 693 Å². The summed E-state index contributed by atoms with van der Waals surface area (Å²) < 4.78 is 82.4. The largest absolute Gasteiger partial charge is 0.571 e. The number of fused-ring (bicyclic) bond motifs is 1. The maximum absolute atomic E-state index is 13.2. The Kier molecular flexibility index (Phi) is 28.5. The summed E-state index contributed by atoms with van der Waals surface area (Å²) in [5.41, 5.74) is 0.302. The highest BCUT2D eigenvalue weighted by Gasteiger charge is 2.52. The van der Waals surface area contributed by atoms with Crippen molar-refractivity contribution in [3.8, 4) is 63.2 Å². The van der Waals surface area contributed by atoms with Crippen molar-refractivity contribution in [3.05, 3.63) is 137 Å². The number of hydrogen-bond donors (Lipinski definition) is 23. The maximum Gasteiger partial charge on any atom is 0.330 e. The van der Waals surface area contributed by atoms with E-state index in [1.165, 1.54) is 42.5 Å². The fourth-order valence-corrected chi connectivity index (χ4v) is 12.5. The molecule has 5 fully saturated rings. The molecule has 5 aromatic rings. The number of carbonyl (C=O) groups is 5. The van der Waals surface area contributed by atoms with Gasteiger partial charge in [-0.25, -0.2) is 14.4 Å². The van der Waals surface area contributed by atoms with Crippen molar-refractivity contribution < 1.29 is 212 Å². The Hall–Kier alpha value is -10.8. The summed E-state index contributed by atoms with van der Waals surface area (Å²) in [5.74, 6) is -11.6. The van der Waals surface area contributed by atoms with E-state index >= 15 is 0 Å². The highest BCUT2D eigenvalue weighted by molar-refractivity contribution is 5.90. The smallest absolute Gasteiger partial charge is 0.330 e. The van der Waals surface area contributed by atoms with Crippen LogP contribution < -0.4 is 18.9 Å². The highest BCUT2D eigenvalue weighted by Crippen LogP contribution is 2.48. The van der Waals surface area contributed by atoms with Crippen LogP contribution in [0.2, 0.25) is 0 Å². The van der Waals surface area contributed by atoms with Crippen molar-refractivity contribution in [2.24, 2.45) is 0 Å². The van der Waals surface area contributed by atoms with Gasteiger partial charge in [-0.2, -0.15) is 0 Å². The summed E-state index contributed by atoms with van der Waals surface area (Å²) in [5, 5.41) is 244. The molecule has 5 saturated heterocycles. The van der Waals surface area contributed by atoms with E-state index in [4.69, 9.17) is 76.2 Å². The van der Waals surface area contributed by atoms with Crippen LogP contribution in [0.3, 0.4) is 0 Å². The fourth-order valence-electron chi connectivity index (χ4n) is 12.5. The first-order chi connectivity index (χ1) is 56.0. The molecule has 640 valence electrons. The molecular weight excluding hydrogens is 1590 g/mol. The Labute approximate surface area is 663 Å². The first-order valence-corrected chi connectivity index (χ1v) is 35.7. The van der Waals surface area contributed by atoms with Crippen LogP contribution in [-0.2, 0) is 71.3 Å². The standard InChI is InChI=1S/C75H82O43/c76-23-45-55(89)60(94)66(100)72(114-45)110-40-10-2-29(16-38(40)81)5-13-52(86)105-25-47-57(91)62(96)67(101)73(116-47)111-41-11-3-30(17-39(41)82)6-14-53(87)106-26-48-58(92)63(97)68(102)74(117-48)112-43-18-31(7-9-35(43)78)70-44(113-75-69(103)64(98)59(93)49(118-75)27-107-54(88)22-50(83)84)21-33-36(79)19-32(20-42(33)109-70)108-71-65(99)61(95)56(90)46(115-71)24-104-51(85)12-4-28-1-8-34(77)37(80)15-28/h1-21,45-49,55-82,89-103H,22-27H2,(H,83,84)/p+1/b12-4+,13-5+,14-6+/t45-,46-,47-,48-,49-,55-,56-,57-,58-,59-,60+,61+,62+,63+,64-,65+,66+,67-,68-,69+,70?,71-,72-,73-,74-,75-/m1/s1. The van der Waals surface area contributed by atoms with E-state index in [-0.39, 0.29) is 50.8 Å². The number of esters is 4. The first-order valence-electron chi connectivity index (χ1n) is 35.7. The molecule has 24 N–H and O–H groups in total. The van der Waals surface area contributed by atoms with Crippen molar-refractivity contribution in [1.82, 2.24) is 0 Å². The Bertz CT molecular complexity index is 4510. The Morgan fingerprint density at radius 1 is 0.364 bits per heavy atom. The minimum absolute atomic E-state index is 0.0753. The molecule has 0 spiro atoms. The van der Waals surface area contributed by atoms with E-state index in [0.29, 0.717) is 0 Å². The molecule has 1 unspecified atom stereocenters. The summed E-state index contributed by atoms with van der Waals surface area (Å²) in [6.45, 7) is -3.98. The number of aliphatic carboxylic acids is 1. The minimum atomic E-state index is -2.14. The van der Waals surface area contributed by atoms with Crippen LogP contribution in [0.1, 0.15) is 40.3 Å². The predicted octanol–water partition coefficient (Wildman–Crippen LogP) is -5.39. The van der Waals surface area contributed by atoms with Gasteiger partial charge in [-0.1, -0.05) is 18.2 Å².